The predicted molar refractivity (Wildman–Crippen MR) is 72.5 cm³/mol. The number of nitrogens with one attached hydrogen (secondary N) is 2. The highest BCUT2D eigenvalue weighted by molar-refractivity contribution is 5.98. The molecule has 1 unspecified atom stereocenters. The maximum Gasteiger partial charge on any atom is 0.251 e. The normalized spacial score (nSPS) is 19.0. The number of carbonyl (C=O) groups is 1. The second-order valence-electron chi connectivity index (χ2n) is 4.73. The minimum Gasteiger partial charge on any atom is -0.361 e. The Morgan fingerprint density at radius 2 is 2.22 bits per heavy atom. The molecule has 2 aromatic rings. The quantitative estimate of drug-likeness (QED) is 0.779. The third-order valence-corrected chi connectivity index (χ3v) is 3.42. The Labute approximate surface area is 106 Å². The lowest BCUT2D eigenvalue weighted by Gasteiger charge is -2.19. The van der Waals surface area contributed by atoms with Crippen LogP contribution in [0.2, 0.25) is 0 Å². The second kappa shape index (κ2) is 4.69. The number of rotatable bonds is 2. The molecule has 1 atom stereocenters. The number of carbonyl (C=O) groups excluding carboxylic acids is 1. The molecule has 3 heteroatoms. The fourth-order valence-corrected chi connectivity index (χ4v) is 2.39. The molecule has 0 aliphatic heterocycles. The van der Waals surface area contributed by atoms with E-state index in [0.29, 0.717) is 0 Å². The van der Waals surface area contributed by atoms with Gasteiger partial charge in [-0.05, 0) is 43.5 Å². The smallest absolute Gasteiger partial charge is 0.251 e. The molecule has 1 aromatic carbocycles. The molecule has 3 nitrogen and oxygen atoms in total. The van der Waals surface area contributed by atoms with Crippen molar-refractivity contribution in [1.29, 1.82) is 0 Å². The van der Waals surface area contributed by atoms with E-state index in [9.17, 15) is 4.79 Å². The zero-order valence-corrected chi connectivity index (χ0v) is 10.1. The van der Waals surface area contributed by atoms with Crippen LogP contribution in [-0.4, -0.2) is 16.9 Å². The van der Waals surface area contributed by atoms with Crippen molar-refractivity contribution in [3.63, 3.8) is 0 Å². The molecule has 1 aliphatic carbocycles. The van der Waals surface area contributed by atoms with Gasteiger partial charge < -0.3 is 10.3 Å². The number of benzene rings is 1. The summed E-state index contributed by atoms with van der Waals surface area (Å²) in [6, 6.07) is 8.01. The molecule has 0 saturated heterocycles. The van der Waals surface area contributed by atoms with Gasteiger partial charge in [-0.15, -0.1) is 0 Å². The summed E-state index contributed by atoms with van der Waals surface area (Å²) in [7, 11) is 0. The first-order valence-electron chi connectivity index (χ1n) is 6.36. The summed E-state index contributed by atoms with van der Waals surface area (Å²) in [6.45, 7) is 0. The van der Waals surface area contributed by atoms with Gasteiger partial charge in [0.2, 0.25) is 0 Å². The van der Waals surface area contributed by atoms with Gasteiger partial charge in [-0.3, -0.25) is 4.79 Å². The molecule has 0 saturated carbocycles. The van der Waals surface area contributed by atoms with Gasteiger partial charge in [0, 0.05) is 28.7 Å². The lowest BCUT2D eigenvalue weighted by molar-refractivity contribution is 0.0935. The fourth-order valence-electron chi connectivity index (χ4n) is 2.39. The fraction of sp³-hybridized carbons (Fsp3) is 0.267. The van der Waals surface area contributed by atoms with E-state index in [1.54, 1.807) is 0 Å². The molecule has 0 radical (unpaired) electrons. The molecule has 0 fully saturated rings. The molecule has 1 aromatic heterocycles. The number of hydrogen-bond acceptors (Lipinski definition) is 1. The summed E-state index contributed by atoms with van der Waals surface area (Å²) in [5.74, 6) is 0.0263. The Morgan fingerprint density at radius 1 is 1.28 bits per heavy atom. The standard InChI is InChI=1S/C15H16N2O/c18-15(17-13-4-2-1-3-5-13)12-6-7-14-11(10-12)8-9-16-14/h1-2,6-10,13,16H,3-5H2,(H,17,18). The Balaban J connectivity index is 1.76. The van der Waals surface area contributed by atoms with E-state index in [4.69, 9.17) is 0 Å². The van der Waals surface area contributed by atoms with E-state index >= 15 is 0 Å². The molecule has 1 aliphatic rings. The monoisotopic (exact) mass is 240 g/mol. The highest BCUT2D eigenvalue weighted by Gasteiger charge is 2.14. The van der Waals surface area contributed by atoms with Crippen LogP contribution in [0, 0.1) is 0 Å². The first kappa shape index (κ1) is 11.1. The molecule has 1 amide bonds. The van der Waals surface area contributed by atoms with E-state index in [-0.39, 0.29) is 11.9 Å². The molecule has 0 spiro atoms. The van der Waals surface area contributed by atoms with E-state index in [1.807, 2.05) is 30.5 Å². The number of amides is 1. The average molecular weight is 240 g/mol. The highest BCUT2D eigenvalue weighted by atomic mass is 16.1. The summed E-state index contributed by atoms with van der Waals surface area (Å²) in [6.07, 6.45) is 9.24. The van der Waals surface area contributed by atoms with Gasteiger partial charge in [0.15, 0.2) is 0 Å². The van der Waals surface area contributed by atoms with Crippen molar-refractivity contribution in [3.05, 3.63) is 48.2 Å². The third-order valence-electron chi connectivity index (χ3n) is 3.42. The van der Waals surface area contributed by atoms with Crippen LogP contribution >= 0.6 is 0 Å². The van der Waals surface area contributed by atoms with Crippen LogP contribution in [0.5, 0.6) is 0 Å². The largest absolute Gasteiger partial charge is 0.361 e. The van der Waals surface area contributed by atoms with Gasteiger partial charge in [-0.2, -0.15) is 0 Å². The zero-order valence-electron chi connectivity index (χ0n) is 10.1. The number of fused-ring (bicyclic) bond motifs is 1. The summed E-state index contributed by atoms with van der Waals surface area (Å²) >= 11 is 0. The van der Waals surface area contributed by atoms with Crippen molar-refractivity contribution in [2.75, 3.05) is 0 Å². The molecule has 92 valence electrons. The SMILES string of the molecule is O=C(NC1CC=CCC1)c1ccc2[nH]ccc2c1. The first-order valence-corrected chi connectivity index (χ1v) is 6.36. The maximum absolute atomic E-state index is 12.1. The Bertz CT molecular complexity index is 597. The van der Waals surface area contributed by atoms with Crippen molar-refractivity contribution < 1.29 is 4.79 Å². The van der Waals surface area contributed by atoms with Crippen LogP contribution in [0.3, 0.4) is 0 Å². The first-order chi connectivity index (χ1) is 8.83. The van der Waals surface area contributed by atoms with E-state index in [1.165, 1.54) is 0 Å². The van der Waals surface area contributed by atoms with Crippen LogP contribution in [0.15, 0.2) is 42.6 Å². The Hall–Kier alpha value is -2.03. The van der Waals surface area contributed by atoms with Crippen molar-refractivity contribution in [2.45, 2.75) is 25.3 Å². The number of hydrogen-bond donors (Lipinski definition) is 2. The van der Waals surface area contributed by atoms with E-state index in [2.05, 4.69) is 22.5 Å². The second-order valence-corrected chi connectivity index (χ2v) is 4.73. The maximum atomic E-state index is 12.1. The van der Waals surface area contributed by atoms with Crippen LogP contribution in [0.25, 0.3) is 10.9 Å². The van der Waals surface area contributed by atoms with Crippen LogP contribution < -0.4 is 5.32 Å². The van der Waals surface area contributed by atoms with Gasteiger partial charge in [-0.25, -0.2) is 0 Å². The number of aromatic amines is 1. The van der Waals surface area contributed by atoms with Crippen molar-refractivity contribution in [3.8, 4) is 0 Å². The number of aromatic nitrogens is 1. The number of H-pyrrole nitrogens is 1. The van der Waals surface area contributed by atoms with Crippen LogP contribution in [0.1, 0.15) is 29.6 Å². The van der Waals surface area contributed by atoms with Gasteiger partial charge in [0.25, 0.3) is 5.91 Å². The predicted octanol–water partition coefficient (Wildman–Crippen LogP) is 3.01. The van der Waals surface area contributed by atoms with Crippen molar-refractivity contribution in [2.24, 2.45) is 0 Å². The van der Waals surface area contributed by atoms with Crippen LogP contribution in [0.4, 0.5) is 0 Å². The molecule has 3 rings (SSSR count). The molecular formula is C15H16N2O. The molecule has 2 N–H and O–H groups in total. The minimum atomic E-state index is 0.0263. The van der Waals surface area contributed by atoms with Gasteiger partial charge in [0.05, 0.1) is 0 Å². The zero-order chi connectivity index (χ0) is 12.4. The summed E-state index contributed by atoms with van der Waals surface area (Å²) in [4.78, 5) is 15.3. The molecule has 1 heterocycles. The molecular weight excluding hydrogens is 224 g/mol. The van der Waals surface area contributed by atoms with Gasteiger partial charge >= 0.3 is 0 Å². The van der Waals surface area contributed by atoms with Gasteiger partial charge in [-0.1, -0.05) is 12.2 Å². The average Bonchev–Trinajstić information content (AvgIpc) is 2.87. The third kappa shape index (κ3) is 2.16. The lowest BCUT2D eigenvalue weighted by Crippen LogP contribution is -2.35. The Morgan fingerprint density at radius 3 is 3.06 bits per heavy atom. The minimum absolute atomic E-state index is 0.0263. The molecule has 18 heavy (non-hydrogen) atoms. The topological polar surface area (TPSA) is 44.9 Å². The van der Waals surface area contributed by atoms with E-state index in [0.717, 1.165) is 35.7 Å². The lowest BCUT2D eigenvalue weighted by atomic mass is 10.0. The Kier molecular flexibility index (Phi) is 2.89. The summed E-state index contributed by atoms with van der Waals surface area (Å²) in [5.41, 5.74) is 1.80. The van der Waals surface area contributed by atoms with E-state index < -0.39 is 0 Å². The van der Waals surface area contributed by atoms with Crippen molar-refractivity contribution >= 4 is 16.8 Å². The van der Waals surface area contributed by atoms with Crippen molar-refractivity contribution in [1.82, 2.24) is 10.3 Å². The number of allylic oxidation sites excluding steroid dienone is 1. The molecule has 0 bridgehead atoms. The summed E-state index contributed by atoms with van der Waals surface area (Å²) < 4.78 is 0. The summed E-state index contributed by atoms with van der Waals surface area (Å²) in [5, 5.41) is 4.17. The highest BCUT2D eigenvalue weighted by Crippen LogP contribution is 2.16. The van der Waals surface area contributed by atoms with Gasteiger partial charge in [0.1, 0.15) is 0 Å². The van der Waals surface area contributed by atoms with Crippen LogP contribution in [-0.2, 0) is 0 Å².